The summed E-state index contributed by atoms with van der Waals surface area (Å²) in [6.07, 6.45) is 12.7. The highest BCUT2D eigenvalue weighted by molar-refractivity contribution is 6.14. The van der Waals surface area contributed by atoms with E-state index in [1.54, 1.807) is 0 Å². The highest BCUT2D eigenvalue weighted by Gasteiger charge is 2.23. The van der Waals surface area contributed by atoms with E-state index in [-0.39, 0.29) is 0 Å². The Morgan fingerprint density at radius 1 is 0.900 bits per heavy atom. The minimum Gasteiger partial charge on any atom is -0.333 e. The van der Waals surface area contributed by atoms with Crippen LogP contribution in [0.3, 0.4) is 0 Å². The minimum absolute atomic E-state index is 0.653. The van der Waals surface area contributed by atoms with Crippen molar-refractivity contribution in [1.29, 1.82) is 0 Å². The van der Waals surface area contributed by atoms with Gasteiger partial charge in [0, 0.05) is 16.8 Å². The second kappa shape index (κ2) is 13.4. The molecular weight excluding hydrogens is 488 g/mol. The minimum atomic E-state index is 0.653. The molecule has 0 bridgehead atoms. The molecule has 0 atom stereocenters. The summed E-state index contributed by atoms with van der Waals surface area (Å²) < 4.78 is 0. The standard InChI is InChI=1S/C35H33N3.CH5N/c1-4-13-33(30-18-11-9-14-25(30)3)34(5-2)38(35(37-36)27-16-7-6-8-17-27)29-22-23-32-28(24-29)21-20-26-15-10-12-19-31(26)32;1-2/h4-8,10-13,15-24H,2,9,14,36H2,1,3H3;2H2,1H3/b13-4-,34-33-,37-35-;. The number of rotatable bonds is 6. The molecule has 0 spiro atoms. The molecule has 5 rings (SSSR count). The van der Waals surface area contributed by atoms with Gasteiger partial charge in [0.2, 0.25) is 0 Å². The van der Waals surface area contributed by atoms with Crippen LogP contribution in [0.25, 0.3) is 21.5 Å². The first-order valence-corrected chi connectivity index (χ1v) is 13.6. The molecule has 1 aliphatic rings. The molecule has 4 aromatic carbocycles. The fraction of sp³-hybridized carbons (Fsp3) is 0.139. The molecule has 0 amide bonds. The van der Waals surface area contributed by atoms with Gasteiger partial charge < -0.3 is 11.6 Å². The van der Waals surface area contributed by atoms with Crippen LogP contribution in [0.1, 0.15) is 32.3 Å². The van der Waals surface area contributed by atoms with Gasteiger partial charge in [-0.25, -0.2) is 0 Å². The number of benzene rings is 4. The zero-order valence-corrected chi connectivity index (χ0v) is 23.6. The zero-order valence-electron chi connectivity index (χ0n) is 23.6. The van der Waals surface area contributed by atoms with Gasteiger partial charge >= 0.3 is 0 Å². The number of hydrogen-bond donors (Lipinski definition) is 2. The molecule has 0 unspecified atom stereocenters. The summed E-state index contributed by atoms with van der Waals surface area (Å²) in [4.78, 5) is 2.13. The number of hydrogen-bond acceptors (Lipinski definition) is 3. The summed E-state index contributed by atoms with van der Waals surface area (Å²) in [5.74, 6) is 6.80. The Kier molecular flexibility index (Phi) is 9.50. The summed E-state index contributed by atoms with van der Waals surface area (Å²) in [7, 11) is 1.50. The van der Waals surface area contributed by atoms with E-state index in [9.17, 15) is 0 Å². The van der Waals surface area contributed by atoms with Crippen LogP contribution in [0.4, 0.5) is 5.69 Å². The molecule has 4 heteroatoms. The normalized spacial score (nSPS) is 14.2. The number of amidine groups is 1. The van der Waals surface area contributed by atoms with Gasteiger partial charge in [-0.1, -0.05) is 109 Å². The molecule has 0 saturated heterocycles. The SMILES string of the molecule is C=C/C(=C(\C=C/C)C1=C(C)CCC=C1)N(/C(=N\N)c1ccccc1)c1ccc2c(ccc3ccccc32)c1.CN. The Morgan fingerprint density at radius 2 is 1.60 bits per heavy atom. The zero-order chi connectivity index (χ0) is 28.5. The first-order chi connectivity index (χ1) is 19.7. The summed E-state index contributed by atoms with van der Waals surface area (Å²) in [5.41, 5.74) is 11.0. The van der Waals surface area contributed by atoms with Gasteiger partial charge in [0.25, 0.3) is 0 Å². The van der Waals surface area contributed by atoms with E-state index in [1.807, 2.05) is 43.3 Å². The lowest BCUT2D eigenvalue weighted by Gasteiger charge is -2.30. The first kappa shape index (κ1) is 28.3. The molecule has 0 aromatic heterocycles. The van der Waals surface area contributed by atoms with Gasteiger partial charge in [-0.15, -0.1) is 0 Å². The molecule has 4 N–H and O–H groups in total. The van der Waals surface area contributed by atoms with Crippen molar-refractivity contribution in [2.24, 2.45) is 16.7 Å². The lowest BCUT2D eigenvalue weighted by molar-refractivity contribution is 0.942. The van der Waals surface area contributed by atoms with Gasteiger partial charge in [-0.2, -0.15) is 5.10 Å². The number of anilines is 1. The topological polar surface area (TPSA) is 67.6 Å². The number of hydrazone groups is 1. The van der Waals surface area contributed by atoms with Gasteiger partial charge in [-0.3, -0.25) is 4.90 Å². The average Bonchev–Trinajstić information content (AvgIpc) is 3.02. The highest BCUT2D eigenvalue weighted by Crippen LogP contribution is 2.35. The van der Waals surface area contributed by atoms with Crippen molar-refractivity contribution in [3.8, 4) is 0 Å². The fourth-order valence-corrected chi connectivity index (χ4v) is 5.26. The maximum absolute atomic E-state index is 6.15. The Balaban J connectivity index is 0.00000181. The number of fused-ring (bicyclic) bond motifs is 3. The molecule has 0 radical (unpaired) electrons. The van der Waals surface area contributed by atoms with E-state index >= 15 is 0 Å². The molecule has 1 aliphatic carbocycles. The molecule has 40 heavy (non-hydrogen) atoms. The Hall–Kier alpha value is -4.67. The van der Waals surface area contributed by atoms with E-state index in [1.165, 1.54) is 34.4 Å². The quantitative estimate of drug-likeness (QED) is 0.0662. The number of allylic oxidation sites excluding steroid dienone is 8. The maximum atomic E-state index is 6.15. The van der Waals surface area contributed by atoms with Crippen LogP contribution in [0.2, 0.25) is 0 Å². The summed E-state index contributed by atoms with van der Waals surface area (Å²) >= 11 is 0. The van der Waals surface area contributed by atoms with Gasteiger partial charge in [0.05, 0.1) is 5.70 Å². The van der Waals surface area contributed by atoms with Crippen LogP contribution < -0.4 is 16.5 Å². The fourth-order valence-electron chi connectivity index (χ4n) is 5.26. The van der Waals surface area contributed by atoms with Gasteiger partial charge in [0.1, 0.15) is 0 Å². The third-order valence-corrected chi connectivity index (χ3v) is 7.12. The second-order valence-corrected chi connectivity index (χ2v) is 9.48. The Morgan fingerprint density at radius 3 is 2.30 bits per heavy atom. The van der Waals surface area contributed by atoms with E-state index in [0.717, 1.165) is 40.7 Å². The molecule has 202 valence electrons. The Labute approximate surface area is 238 Å². The molecule has 0 heterocycles. The summed E-state index contributed by atoms with van der Waals surface area (Å²) in [6, 6.07) is 29.5. The predicted octanol–water partition coefficient (Wildman–Crippen LogP) is 8.38. The van der Waals surface area contributed by atoms with Crippen LogP contribution in [0.15, 0.2) is 149 Å². The van der Waals surface area contributed by atoms with Crippen molar-refractivity contribution in [3.63, 3.8) is 0 Å². The van der Waals surface area contributed by atoms with E-state index < -0.39 is 0 Å². The van der Waals surface area contributed by atoms with Crippen molar-refractivity contribution in [2.45, 2.75) is 26.7 Å². The molecule has 4 nitrogen and oxygen atoms in total. The summed E-state index contributed by atoms with van der Waals surface area (Å²) in [6.45, 7) is 8.53. The van der Waals surface area contributed by atoms with Crippen LogP contribution in [-0.4, -0.2) is 12.9 Å². The molecular formula is C36H38N4. The van der Waals surface area contributed by atoms with Crippen molar-refractivity contribution in [1.82, 2.24) is 0 Å². The van der Waals surface area contributed by atoms with Gasteiger partial charge in [-0.05, 0) is 79.1 Å². The maximum Gasteiger partial charge on any atom is 0.164 e. The average molecular weight is 527 g/mol. The smallest absolute Gasteiger partial charge is 0.164 e. The van der Waals surface area contributed by atoms with Crippen LogP contribution in [0, 0.1) is 0 Å². The van der Waals surface area contributed by atoms with Crippen molar-refractivity contribution >= 4 is 33.1 Å². The molecule has 0 aliphatic heterocycles. The van der Waals surface area contributed by atoms with E-state index in [4.69, 9.17) is 5.84 Å². The monoisotopic (exact) mass is 526 g/mol. The lowest BCUT2D eigenvalue weighted by atomic mass is 9.91. The van der Waals surface area contributed by atoms with Crippen LogP contribution >= 0.6 is 0 Å². The van der Waals surface area contributed by atoms with E-state index in [2.05, 4.69) is 108 Å². The molecule has 4 aromatic rings. The van der Waals surface area contributed by atoms with Gasteiger partial charge in [0.15, 0.2) is 5.84 Å². The number of nitrogens with two attached hydrogens (primary N) is 2. The van der Waals surface area contributed by atoms with Crippen molar-refractivity contribution in [3.05, 3.63) is 150 Å². The predicted molar refractivity (Wildman–Crippen MR) is 174 cm³/mol. The largest absolute Gasteiger partial charge is 0.333 e. The third-order valence-electron chi connectivity index (χ3n) is 7.12. The van der Waals surface area contributed by atoms with Crippen LogP contribution in [-0.2, 0) is 0 Å². The van der Waals surface area contributed by atoms with Crippen molar-refractivity contribution in [2.75, 3.05) is 11.9 Å². The lowest BCUT2D eigenvalue weighted by Crippen LogP contribution is -2.32. The van der Waals surface area contributed by atoms with E-state index in [0.29, 0.717) is 5.84 Å². The highest BCUT2D eigenvalue weighted by atomic mass is 15.3. The summed E-state index contributed by atoms with van der Waals surface area (Å²) in [5, 5.41) is 9.17. The molecule has 0 fully saturated rings. The first-order valence-electron chi connectivity index (χ1n) is 13.6. The third kappa shape index (κ3) is 5.68. The number of nitrogens with zero attached hydrogens (tertiary/aromatic N) is 2. The van der Waals surface area contributed by atoms with Crippen molar-refractivity contribution < 1.29 is 0 Å². The second-order valence-electron chi connectivity index (χ2n) is 9.48. The molecule has 0 saturated carbocycles. The Bertz CT molecular complexity index is 1650. The van der Waals surface area contributed by atoms with Crippen LogP contribution in [0.5, 0.6) is 0 Å².